The van der Waals surface area contributed by atoms with E-state index in [0.717, 1.165) is 6.07 Å². The summed E-state index contributed by atoms with van der Waals surface area (Å²) in [5, 5.41) is 4.01. The number of hydrogen-bond donors (Lipinski definition) is 2. The minimum Gasteiger partial charge on any atom is -0.326 e. The summed E-state index contributed by atoms with van der Waals surface area (Å²) in [5.41, 5.74) is 6.00. The summed E-state index contributed by atoms with van der Waals surface area (Å²) in [4.78, 5) is -0.371. The summed E-state index contributed by atoms with van der Waals surface area (Å²) in [6.07, 6.45) is 4.00. The van der Waals surface area contributed by atoms with E-state index >= 15 is 0 Å². The molecule has 3 N–H and O–H groups in total. The average Bonchev–Trinajstić information content (AvgIpc) is 2.97. The second-order valence-corrected chi connectivity index (χ2v) is 6.22. The van der Waals surface area contributed by atoms with Crippen molar-refractivity contribution in [2.75, 3.05) is 6.54 Å². The molecule has 0 fully saturated rings. The van der Waals surface area contributed by atoms with Crippen molar-refractivity contribution in [2.45, 2.75) is 24.4 Å². The van der Waals surface area contributed by atoms with E-state index in [4.69, 9.17) is 5.73 Å². The molecule has 1 aromatic carbocycles. The topological polar surface area (TPSA) is 90.0 Å². The van der Waals surface area contributed by atoms with Crippen LogP contribution in [-0.2, 0) is 23.1 Å². The number of aromatic nitrogens is 2. The summed E-state index contributed by atoms with van der Waals surface area (Å²) in [6.45, 7) is 0.942. The fourth-order valence-electron chi connectivity index (χ4n) is 1.84. The second-order valence-electron chi connectivity index (χ2n) is 4.49. The van der Waals surface area contributed by atoms with Crippen molar-refractivity contribution in [1.82, 2.24) is 14.5 Å². The van der Waals surface area contributed by atoms with Gasteiger partial charge in [0.25, 0.3) is 0 Å². The number of benzene rings is 1. The molecule has 0 amide bonds. The van der Waals surface area contributed by atoms with Crippen LogP contribution in [0.2, 0.25) is 0 Å². The van der Waals surface area contributed by atoms with E-state index in [-0.39, 0.29) is 18.0 Å². The lowest BCUT2D eigenvalue weighted by atomic mass is 10.2. The van der Waals surface area contributed by atoms with Gasteiger partial charge in [0.2, 0.25) is 10.0 Å². The summed E-state index contributed by atoms with van der Waals surface area (Å²) in [5.74, 6) is -0.785. The van der Waals surface area contributed by atoms with Gasteiger partial charge in [-0.2, -0.15) is 5.10 Å². The van der Waals surface area contributed by atoms with Crippen LogP contribution in [-0.4, -0.2) is 24.7 Å². The predicted octanol–water partition coefficient (Wildman–Crippen LogP) is 0.849. The normalized spacial score (nSPS) is 11.7. The molecule has 6 nitrogen and oxygen atoms in total. The van der Waals surface area contributed by atoms with E-state index in [1.165, 1.54) is 12.1 Å². The molecule has 1 heterocycles. The SMILES string of the molecule is NCc1ccc(F)c(S(=O)(=O)NCCCn2cccn2)c1. The van der Waals surface area contributed by atoms with Crippen molar-refractivity contribution >= 4 is 10.0 Å². The maximum atomic E-state index is 13.7. The molecule has 0 aliphatic rings. The first-order valence-electron chi connectivity index (χ1n) is 6.48. The van der Waals surface area contributed by atoms with Crippen molar-refractivity contribution in [2.24, 2.45) is 5.73 Å². The first kappa shape index (κ1) is 15.6. The lowest BCUT2D eigenvalue weighted by Crippen LogP contribution is -2.26. The molecule has 0 unspecified atom stereocenters. The molecule has 2 rings (SSSR count). The number of nitrogens with zero attached hydrogens (tertiary/aromatic N) is 2. The lowest BCUT2D eigenvalue weighted by molar-refractivity contribution is 0.541. The number of nitrogens with two attached hydrogens (primary N) is 1. The van der Waals surface area contributed by atoms with Gasteiger partial charge in [0.1, 0.15) is 10.7 Å². The van der Waals surface area contributed by atoms with Crippen LogP contribution in [0.3, 0.4) is 0 Å². The molecule has 8 heteroatoms. The quantitative estimate of drug-likeness (QED) is 0.742. The molecule has 0 aliphatic carbocycles. The van der Waals surface area contributed by atoms with Gasteiger partial charge >= 0.3 is 0 Å². The van der Waals surface area contributed by atoms with Crippen LogP contribution in [0.1, 0.15) is 12.0 Å². The second kappa shape index (κ2) is 6.79. The highest BCUT2D eigenvalue weighted by Crippen LogP contribution is 2.16. The van der Waals surface area contributed by atoms with Crippen LogP contribution in [0.5, 0.6) is 0 Å². The predicted molar refractivity (Wildman–Crippen MR) is 76.3 cm³/mol. The van der Waals surface area contributed by atoms with Gasteiger partial charge in [0, 0.05) is 32.0 Å². The number of halogens is 1. The van der Waals surface area contributed by atoms with Crippen LogP contribution in [0, 0.1) is 5.82 Å². The fraction of sp³-hybridized carbons (Fsp3) is 0.308. The Kier molecular flexibility index (Phi) is 5.05. The molecule has 114 valence electrons. The minimum absolute atomic E-state index is 0.155. The van der Waals surface area contributed by atoms with E-state index in [2.05, 4.69) is 9.82 Å². The van der Waals surface area contributed by atoms with Gasteiger partial charge in [-0.1, -0.05) is 6.07 Å². The molecule has 0 bridgehead atoms. The first-order valence-corrected chi connectivity index (χ1v) is 7.97. The van der Waals surface area contributed by atoms with Crippen molar-refractivity contribution < 1.29 is 12.8 Å². The molecule has 21 heavy (non-hydrogen) atoms. The number of aryl methyl sites for hydroxylation is 1. The Morgan fingerprint density at radius 2 is 2.19 bits per heavy atom. The standard InChI is InChI=1S/C13H17FN4O2S/c14-12-4-3-11(10-15)9-13(12)21(19,20)17-6-2-8-18-7-1-5-16-18/h1,3-5,7,9,17H,2,6,8,10,15H2. The third-order valence-corrected chi connectivity index (χ3v) is 4.41. The zero-order chi connectivity index (χ0) is 15.3. The van der Waals surface area contributed by atoms with Crippen molar-refractivity contribution in [3.63, 3.8) is 0 Å². The van der Waals surface area contributed by atoms with Crippen molar-refractivity contribution in [1.29, 1.82) is 0 Å². The summed E-state index contributed by atoms with van der Waals surface area (Å²) in [6, 6.07) is 5.62. The van der Waals surface area contributed by atoms with Gasteiger partial charge in [0.05, 0.1) is 0 Å². The van der Waals surface area contributed by atoms with Crippen LogP contribution >= 0.6 is 0 Å². The van der Waals surface area contributed by atoms with Crippen LogP contribution < -0.4 is 10.5 Å². The van der Waals surface area contributed by atoms with E-state index in [0.29, 0.717) is 18.5 Å². The summed E-state index contributed by atoms with van der Waals surface area (Å²) < 4.78 is 41.9. The molecule has 0 saturated heterocycles. The van der Waals surface area contributed by atoms with Gasteiger partial charge < -0.3 is 5.73 Å². The zero-order valence-electron chi connectivity index (χ0n) is 11.4. The Bertz CT molecular complexity index is 686. The number of nitrogens with one attached hydrogen (secondary N) is 1. The largest absolute Gasteiger partial charge is 0.326 e. The highest BCUT2D eigenvalue weighted by molar-refractivity contribution is 7.89. The van der Waals surface area contributed by atoms with Gasteiger partial charge in [0.15, 0.2) is 0 Å². The molecule has 1 aromatic heterocycles. The Balaban J connectivity index is 1.98. The Morgan fingerprint density at radius 1 is 1.38 bits per heavy atom. The average molecular weight is 312 g/mol. The number of sulfonamides is 1. The number of rotatable bonds is 7. The van der Waals surface area contributed by atoms with E-state index in [1.807, 2.05) is 0 Å². The maximum Gasteiger partial charge on any atom is 0.243 e. The van der Waals surface area contributed by atoms with Gasteiger partial charge in [-0.25, -0.2) is 17.5 Å². The Morgan fingerprint density at radius 3 is 2.86 bits per heavy atom. The van der Waals surface area contributed by atoms with Crippen LogP contribution in [0.4, 0.5) is 4.39 Å². The van der Waals surface area contributed by atoms with Crippen LogP contribution in [0.25, 0.3) is 0 Å². The molecule has 0 atom stereocenters. The Labute approximate surface area is 122 Å². The third kappa shape index (κ3) is 4.10. The first-order chi connectivity index (χ1) is 10.0. The Hall–Kier alpha value is -1.77. The van der Waals surface area contributed by atoms with Crippen LogP contribution in [0.15, 0.2) is 41.6 Å². The third-order valence-electron chi connectivity index (χ3n) is 2.94. The van der Waals surface area contributed by atoms with E-state index < -0.39 is 15.8 Å². The summed E-state index contributed by atoms with van der Waals surface area (Å²) >= 11 is 0. The van der Waals surface area contributed by atoms with Gasteiger partial charge in [-0.15, -0.1) is 0 Å². The molecule has 0 saturated carbocycles. The number of hydrogen-bond acceptors (Lipinski definition) is 4. The lowest BCUT2D eigenvalue weighted by Gasteiger charge is -2.09. The van der Waals surface area contributed by atoms with E-state index in [1.54, 1.807) is 23.1 Å². The monoisotopic (exact) mass is 312 g/mol. The molecule has 0 radical (unpaired) electrons. The molecule has 0 aliphatic heterocycles. The summed E-state index contributed by atoms with van der Waals surface area (Å²) in [7, 11) is -3.87. The van der Waals surface area contributed by atoms with Gasteiger partial charge in [-0.3, -0.25) is 4.68 Å². The molecular weight excluding hydrogens is 295 g/mol. The molecule has 2 aromatic rings. The maximum absolute atomic E-state index is 13.7. The minimum atomic E-state index is -3.87. The smallest absolute Gasteiger partial charge is 0.243 e. The zero-order valence-corrected chi connectivity index (χ0v) is 12.2. The van der Waals surface area contributed by atoms with Gasteiger partial charge in [-0.05, 0) is 30.2 Å². The van der Waals surface area contributed by atoms with Crippen molar-refractivity contribution in [3.05, 3.63) is 48.0 Å². The highest BCUT2D eigenvalue weighted by atomic mass is 32.2. The highest BCUT2D eigenvalue weighted by Gasteiger charge is 2.18. The molecule has 0 spiro atoms. The molecular formula is C13H17FN4O2S. The van der Waals surface area contributed by atoms with Crippen molar-refractivity contribution in [3.8, 4) is 0 Å². The fourth-order valence-corrected chi connectivity index (χ4v) is 3.04. The van der Waals surface area contributed by atoms with E-state index in [9.17, 15) is 12.8 Å².